The topological polar surface area (TPSA) is 0 Å². The van der Waals surface area contributed by atoms with Crippen molar-refractivity contribution in [1.29, 1.82) is 0 Å². The van der Waals surface area contributed by atoms with Gasteiger partial charge in [-0.25, -0.2) is 0 Å². The molecule has 0 bridgehead atoms. The fourth-order valence-corrected chi connectivity index (χ4v) is 2.03. The van der Waals surface area contributed by atoms with E-state index in [0.29, 0.717) is 0 Å². The summed E-state index contributed by atoms with van der Waals surface area (Å²) in [5.41, 5.74) is 2.59. The Balaban J connectivity index is 0.000000671. The molecule has 13 heavy (non-hydrogen) atoms. The zero-order chi connectivity index (χ0) is 10.3. The molecule has 1 rings (SSSR count). The average Bonchev–Trinajstić information content (AvgIpc) is 2.51. The van der Waals surface area contributed by atoms with E-state index < -0.39 is 0 Å². The number of thiophene rings is 1. The Morgan fingerprint density at radius 2 is 2.00 bits per heavy atom. The molecule has 0 aliphatic heterocycles. The lowest BCUT2D eigenvalue weighted by molar-refractivity contribution is 1.50. The summed E-state index contributed by atoms with van der Waals surface area (Å²) in [6.07, 6.45) is 6.09. The maximum absolute atomic E-state index is 3.78. The summed E-state index contributed by atoms with van der Waals surface area (Å²) in [7, 11) is 0. The van der Waals surface area contributed by atoms with Crippen LogP contribution in [0.5, 0.6) is 0 Å². The summed E-state index contributed by atoms with van der Waals surface area (Å²) in [6, 6.07) is 0. The second kappa shape index (κ2) is 6.67. The van der Waals surface area contributed by atoms with Crippen LogP contribution in [-0.2, 0) is 0 Å². The minimum atomic E-state index is 1.27. The summed E-state index contributed by atoms with van der Waals surface area (Å²) in [6.45, 7) is 11.9. The highest BCUT2D eigenvalue weighted by molar-refractivity contribution is 7.11. The number of allylic oxidation sites excluding steroid dienone is 1. The molecule has 0 saturated heterocycles. The highest BCUT2D eigenvalue weighted by Gasteiger charge is 2.00. The van der Waals surface area contributed by atoms with Crippen LogP contribution < -0.4 is 0 Å². The molecule has 0 nitrogen and oxygen atoms in total. The standard InChI is InChI=1S/C10H12S.C2H6/c1-4-6-10-9(5-2)8(3)7-11-10;1-2/h4-7H,2H2,1,3H3;1-2H3/b6-4-;. The Labute approximate surface area is 85.6 Å². The van der Waals surface area contributed by atoms with Crippen LogP contribution in [-0.4, -0.2) is 0 Å². The SMILES string of the molecule is C=Cc1c(C)csc1/C=C\C.CC. The van der Waals surface area contributed by atoms with Gasteiger partial charge in [0.25, 0.3) is 0 Å². The fourth-order valence-electron chi connectivity index (χ4n) is 1.02. The molecule has 0 amide bonds. The molecule has 0 fully saturated rings. The molecule has 0 N–H and O–H groups in total. The van der Waals surface area contributed by atoms with Crippen molar-refractivity contribution in [2.75, 3.05) is 0 Å². The first-order chi connectivity index (χ1) is 6.29. The molecule has 0 aromatic carbocycles. The molecule has 0 radical (unpaired) electrons. The quantitative estimate of drug-likeness (QED) is 0.637. The highest BCUT2D eigenvalue weighted by atomic mass is 32.1. The van der Waals surface area contributed by atoms with E-state index in [2.05, 4.69) is 31.0 Å². The normalized spacial score (nSPS) is 9.54. The molecule has 72 valence electrons. The van der Waals surface area contributed by atoms with Gasteiger partial charge in [-0.05, 0) is 36.4 Å². The van der Waals surface area contributed by atoms with Gasteiger partial charge in [-0.1, -0.05) is 32.6 Å². The van der Waals surface area contributed by atoms with E-state index >= 15 is 0 Å². The molecule has 0 atom stereocenters. The molecule has 1 heterocycles. The van der Waals surface area contributed by atoms with Crippen LogP contribution in [0.2, 0.25) is 0 Å². The third-order valence-electron chi connectivity index (χ3n) is 1.58. The van der Waals surface area contributed by atoms with Gasteiger partial charge in [0, 0.05) is 4.88 Å². The van der Waals surface area contributed by atoms with Gasteiger partial charge in [0.05, 0.1) is 0 Å². The molecule has 0 saturated carbocycles. The zero-order valence-corrected chi connectivity index (χ0v) is 9.74. The number of aryl methyl sites for hydroxylation is 1. The van der Waals surface area contributed by atoms with E-state index in [9.17, 15) is 0 Å². The summed E-state index contributed by atoms with van der Waals surface area (Å²) in [5, 5.41) is 2.16. The first kappa shape index (κ1) is 12.2. The summed E-state index contributed by atoms with van der Waals surface area (Å²) in [4.78, 5) is 1.31. The van der Waals surface area contributed by atoms with Crippen LogP contribution in [0, 0.1) is 6.92 Å². The van der Waals surface area contributed by atoms with Gasteiger partial charge >= 0.3 is 0 Å². The van der Waals surface area contributed by atoms with Crippen molar-refractivity contribution in [3.63, 3.8) is 0 Å². The summed E-state index contributed by atoms with van der Waals surface area (Å²) in [5.74, 6) is 0. The Morgan fingerprint density at radius 1 is 1.38 bits per heavy atom. The van der Waals surface area contributed by atoms with Crippen molar-refractivity contribution in [3.8, 4) is 0 Å². The van der Waals surface area contributed by atoms with Crippen LogP contribution >= 0.6 is 11.3 Å². The van der Waals surface area contributed by atoms with Gasteiger partial charge in [-0.3, -0.25) is 0 Å². The van der Waals surface area contributed by atoms with Crippen molar-refractivity contribution >= 4 is 23.5 Å². The van der Waals surface area contributed by atoms with Crippen LogP contribution in [0.4, 0.5) is 0 Å². The van der Waals surface area contributed by atoms with E-state index in [-0.39, 0.29) is 0 Å². The lowest BCUT2D eigenvalue weighted by Gasteiger charge is -1.91. The van der Waals surface area contributed by atoms with Gasteiger partial charge < -0.3 is 0 Å². The molecule has 1 aromatic rings. The second-order valence-electron chi connectivity index (χ2n) is 2.40. The zero-order valence-electron chi connectivity index (χ0n) is 8.92. The Morgan fingerprint density at radius 3 is 2.46 bits per heavy atom. The first-order valence-corrected chi connectivity index (χ1v) is 5.50. The second-order valence-corrected chi connectivity index (χ2v) is 3.31. The molecule has 0 aliphatic carbocycles. The maximum Gasteiger partial charge on any atom is 0.0341 e. The van der Waals surface area contributed by atoms with E-state index in [4.69, 9.17) is 0 Å². The van der Waals surface area contributed by atoms with Crippen LogP contribution in [0.25, 0.3) is 12.2 Å². The van der Waals surface area contributed by atoms with E-state index in [1.54, 1.807) is 11.3 Å². The third-order valence-corrected chi connectivity index (χ3v) is 2.66. The predicted octanol–water partition coefficient (Wildman–Crippen LogP) is 4.76. The third kappa shape index (κ3) is 3.19. The highest BCUT2D eigenvalue weighted by Crippen LogP contribution is 2.24. The lowest BCUT2D eigenvalue weighted by Crippen LogP contribution is -1.72. The monoisotopic (exact) mass is 194 g/mol. The molecule has 0 aliphatic rings. The van der Waals surface area contributed by atoms with Crippen molar-refractivity contribution in [1.82, 2.24) is 0 Å². The van der Waals surface area contributed by atoms with Gasteiger partial charge in [0.1, 0.15) is 0 Å². The van der Waals surface area contributed by atoms with Crippen molar-refractivity contribution in [2.24, 2.45) is 0 Å². The smallest absolute Gasteiger partial charge is 0.0341 e. The molecule has 0 unspecified atom stereocenters. The minimum absolute atomic E-state index is 1.27. The average molecular weight is 194 g/mol. The van der Waals surface area contributed by atoms with Crippen LogP contribution in [0.3, 0.4) is 0 Å². The predicted molar refractivity (Wildman–Crippen MR) is 65.2 cm³/mol. The molecular weight excluding hydrogens is 176 g/mol. The number of hydrogen-bond acceptors (Lipinski definition) is 1. The van der Waals surface area contributed by atoms with Crippen LogP contribution in [0.1, 0.15) is 36.8 Å². The minimum Gasteiger partial charge on any atom is -0.144 e. The lowest BCUT2D eigenvalue weighted by atomic mass is 10.1. The summed E-state index contributed by atoms with van der Waals surface area (Å²) < 4.78 is 0. The Kier molecular flexibility index (Phi) is 6.25. The maximum atomic E-state index is 3.78. The fraction of sp³-hybridized carbons (Fsp3) is 0.333. The van der Waals surface area contributed by atoms with Crippen molar-refractivity contribution in [3.05, 3.63) is 34.0 Å². The van der Waals surface area contributed by atoms with E-state index in [1.807, 2.05) is 26.8 Å². The van der Waals surface area contributed by atoms with Crippen molar-refractivity contribution in [2.45, 2.75) is 27.7 Å². The van der Waals surface area contributed by atoms with Gasteiger partial charge in [-0.15, -0.1) is 11.3 Å². The Bertz CT molecular complexity index is 279. The molecule has 0 spiro atoms. The largest absolute Gasteiger partial charge is 0.144 e. The number of rotatable bonds is 2. The summed E-state index contributed by atoms with van der Waals surface area (Å²) >= 11 is 1.77. The number of hydrogen-bond donors (Lipinski definition) is 0. The van der Waals surface area contributed by atoms with Gasteiger partial charge in [0.15, 0.2) is 0 Å². The van der Waals surface area contributed by atoms with E-state index in [1.165, 1.54) is 16.0 Å². The molecule has 1 aromatic heterocycles. The van der Waals surface area contributed by atoms with Gasteiger partial charge in [-0.2, -0.15) is 0 Å². The first-order valence-electron chi connectivity index (χ1n) is 4.62. The van der Waals surface area contributed by atoms with Gasteiger partial charge in [0.2, 0.25) is 0 Å². The molecule has 1 heteroatoms. The Hall–Kier alpha value is -0.820. The van der Waals surface area contributed by atoms with E-state index in [0.717, 1.165) is 0 Å². The van der Waals surface area contributed by atoms with Crippen molar-refractivity contribution < 1.29 is 0 Å². The molecular formula is C12H18S. The van der Waals surface area contributed by atoms with Crippen LogP contribution in [0.15, 0.2) is 18.0 Å².